The van der Waals surface area contributed by atoms with Gasteiger partial charge in [0, 0.05) is 12.5 Å². The summed E-state index contributed by atoms with van der Waals surface area (Å²) >= 11 is 0. The van der Waals surface area contributed by atoms with Crippen molar-refractivity contribution in [3.05, 3.63) is 36.5 Å². The molecule has 1 saturated heterocycles. The van der Waals surface area contributed by atoms with Crippen molar-refractivity contribution in [2.24, 2.45) is 0 Å². The molecule has 1 aliphatic heterocycles. The second-order valence-corrected chi connectivity index (χ2v) is 9.05. The molecule has 0 spiro atoms. The maximum absolute atomic E-state index is 14.7. The standard InChI is InChI=1S/C23H24F5N3O6/c1-6-22(24,25)17-18(30-14-8-7-12(9-15(14)29-17)36-23(26,27)28)35-13-10-16(19(32)34-5)31(11-13)20(33)37-21(2,3)4/h6-9,13,16H,1,10-11H2,2-5H3/t13-,16+/m1/s1. The van der Waals surface area contributed by atoms with E-state index in [1.54, 1.807) is 20.8 Å². The number of likely N-dealkylation sites (tertiary alicyclic amines) is 1. The van der Waals surface area contributed by atoms with Crippen LogP contribution in [0.5, 0.6) is 11.6 Å². The van der Waals surface area contributed by atoms with Gasteiger partial charge in [-0.05, 0) is 39.0 Å². The van der Waals surface area contributed by atoms with Crippen LogP contribution in [0.2, 0.25) is 0 Å². The summed E-state index contributed by atoms with van der Waals surface area (Å²) in [6.45, 7) is 7.72. The first-order valence-electron chi connectivity index (χ1n) is 10.9. The van der Waals surface area contributed by atoms with Gasteiger partial charge in [0.05, 0.1) is 24.7 Å². The van der Waals surface area contributed by atoms with Gasteiger partial charge in [0.1, 0.15) is 23.5 Å². The predicted octanol–water partition coefficient (Wildman–Crippen LogP) is 4.74. The first kappa shape index (κ1) is 27.9. The molecule has 2 heterocycles. The zero-order valence-corrected chi connectivity index (χ0v) is 20.3. The number of ether oxygens (including phenoxy) is 4. The molecular formula is C23H24F5N3O6. The van der Waals surface area contributed by atoms with Crippen molar-refractivity contribution in [1.29, 1.82) is 0 Å². The van der Waals surface area contributed by atoms with Crippen LogP contribution in [0.4, 0.5) is 26.7 Å². The molecule has 0 unspecified atom stereocenters. The number of alkyl halides is 5. The molecule has 2 atom stereocenters. The van der Waals surface area contributed by atoms with Crippen LogP contribution in [0.25, 0.3) is 11.0 Å². The molecule has 2 aromatic rings. The average Bonchev–Trinajstić information content (AvgIpc) is 3.20. The van der Waals surface area contributed by atoms with Crippen molar-refractivity contribution in [3.63, 3.8) is 0 Å². The number of hydrogen-bond donors (Lipinski definition) is 0. The second kappa shape index (κ2) is 9.98. The maximum Gasteiger partial charge on any atom is 0.573 e. The zero-order chi connectivity index (χ0) is 27.8. The first-order valence-corrected chi connectivity index (χ1v) is 10.9. The molecule has 1 aromatic heterocycles. The van der Waals surface area contributed by atoms with E-state index in [1.165, 1.54) is 0 Å². The van der Waals surface area contributed by atoms with Crippen molar-refractivity contribution in [3.8, 4) is 11.6 Å². The maximum atomic E-state index is 14.7. The summed E-state index contributed by atoms with van der Waals surface area (Å²) in [6, 6.07) is 1.70. The van der Waals surface area contributed by atoms with Gasteiger partial charge in [-0.3, -0.25) is 4.90 Å². The molecule has 3 rings (SSSR count). The highest BCUT2D eigenvalue weighted by molar-refractivity contribution is 5.82. The summed E-state index contributed by atoms with van der Waals surface area (Å²) in [5.74, 6) is -5.89. The van der Waals surface area contributed by atoms with Crippen LogP contribution in [-0.4, -0.2) is 64.7 Å². The van der Waals surface area contributed by atoms with E-state index in [0.717, 1.165) is 30.2 Å². The SMILES string of the molecule is C=CC(F)(F)c1nc2cc(OC(F)(F)F)ccc2nc1O[C@@H]1C[C@@H](C(=O)OC)N(C(=O)OC(C)(C)C)C1. The molecule has 1 amide bonds. The monoisotopic (exact) mass is 533 g/mol. The van der Waals surface area contributed by atoms with E-state index in [2.05, 4.69) is 21.3 Å². The first-order chi connectivity index (χ1) is 17.0. The van der Waals surface area contributed by atoms with Gasteiger partial charge in [-0.15, -0.1) is 13.2 Å². The van der Waals surface area contributed by atoms with E-state index in [1.807, 2.05) is 0 Å². The number of rotatable bonds is 6. The van der Waals surface area contributed by atoms with E-state index < -0.39 is 59.4 Å². The number of allylic oxidation sites excluding steroid dienone is 1. The highest BCUT2D eigenvalue weighted by Crippen LogP contribution is 2.37. The summed E-state index contributed by atoms with van der Waals surface area (Å²) in [5.41, 5.74) is -2.29. The number of esters is 1. The van der Waals surface area contributed by atoms with E-state index >= 15 is 0 Å². The molecule has 0 radical (unpaired) electrons. The fourth-order valence-electron chi connectivity index (χ4n) is 3.53. The smallest absolute Gasteiger partial charge is 0.471 e. The molecule has 1 aliphatic rings. The number of halogens is 5. The molecule has 1 aromatic carbocycles. The van der Waals surface area contributed by atoms with E-state index in [4.69, 9.17) is 14.2 Å². The van der Waals surface area contributed by atoms with E-state index in [0.29, 0.717) is 0 Å². The minimum absolute atomic E-state index is 0.0698. The van der Waals surface area contributed by atoms with Gasteiger partial charge in [-0.2, -0.15) is 8.78 Å². The molecule has 0 bridgehead atoms. The third-order valence-electron chi connectivity index (χ3n) is 5.05. The molecule has 0 N–H and O–H groups in total. The molecular weight excluding hydrogens is 509 g/mol. The number of benzene rings is 1. The van der Waals surface area contributed by atoms with Crippen LogP contribution in [-0.2, 0) is 20.2 Å². The molecule has 202 valence electrons. The van der Waals surface area contributed by atoms with Gasteiger partial charge in [0.25, 0.3) is 0 Å². The number of carbonyl (C=O) groups is 2. The Morgan fingerprint density at radius 1 is 1.11 bits per heavy atom. The Labute approximate surface area is 208 Å². The summed E-state index contributed by atoms with van der Waals surface area (Å²) < 4.78 is 86.7. The Bertz CT molecular complexity index is 1200. The number of hydrogen-bond acceptors (Lipinski definition) is 8. The van der Waals surface area contributed by atoms with Crippen LogP contribution in [0, 0.1) is 0 Å². The van der Waals surface area contributed by atoms with E-state index in [9.17, 15) is 31.5 Å². The lowest BCUT2D eigenvalue weighted by atomic mass is 10.2. The van der Waals surface area contributed by atoms with E-state index in [-0.39, 0.29) is 30.1 Å². The van der Waals surface area contributed by atoms with Crippen molar-refractivity contribution in [2.45, 2.75) is 57.2 Å². The van der Waals surface area contributed by atoms with Gasteiger partial charge >= 0.3 is 24.3 Å². The van der Waals surface area contributed by atoms with Crippen molar-refractivity contribution in [1.82, 2.24) is 14.9 Å². The lowest BCUT2D eigenvalue weighted by Gasteiger charge is -2.27. The number of methoxy groups -OCH3 is 1. The lowest BCUT2D eigenvalue weighted by molar-refractivity contribution is -0.274. The summed E-state index contributed by atoms with van der Waals surface area (Å²) in [6.07, 6.45) is -6.72. The third kappa shape index (κ3) is 6.74. The summed E-state index contributed by atoms with van der Waals surface area (Å²) in [5, 5.41) is 0. The van der Waals surface area contributed by atoms with Crippen LogP contribution in [0.3, 0.4) is 0 Å². The van der Waals surface area contributed by atoms with Crippen molar-refractivity contribution >= 4 is 23.1 Å². The van der Waals surface area contributed by atoms with Crippen molar-refractivity contribution in [2.75, 3.05) is 13.7 Å². The Morgan fingerprint density at radius 2 is 1.78 bits per heavy atom. The minimum Gasteiger partial charge on any atom is -0.471 e. The Morgan fingerprint density at radius 3 is 2.35 bits per heavy atom. The number of nitrogens with zero attached hydrogens (tertiary/aromatic N) is 3. The molecule has 37 heavy (non-hydrogen) atoms. The largest absolute Gasteiger partial charge is 0.573 e. The van der Waals surface area contributed by atoms with Gasteiger partial charge in [0.2, 0.25) is 5.88 Å². The van der Waals surface area contributed by atoms with Crippen molar-refractivity contribution < 1.29 is 50.5 Å². The Balaban J connectivity index is 1.97. The highest BCUT2D eigenvalue weighted by atomic mass is 19.4. The van der Waals surface area contributed by atoms with Crippen LogP contribution in [0.15, 0.2) is 30.9 Å². The number of amides is 1. The highest BCUT2D eigenvalue weighted by Gasteiger charge is 2.45. The third-order valence-corrected chi connectivity index (χ3v) is 5.05. The minimum atomic E-state index is -5.00. The molecule has 14 heteroatoms. The topological polar surface area (TPSA) is 100 Å². The Kier molecular flexibility index (Phi) is 7.52. The van der Waals surface area contributed by atoms with Crippen LogP contribution < -0.4 is 9.47 Å². The number of fused-ring (bicyclic) bond motifs is 1. The summed E-state index contributed by atoms with van der Waals surface area (Å²) in [7, 11) is 1.12. The van der Waals surface area contributed by atoms with Crippen LogP contribution >= 0.6 is 0 Å². The van der Waals surface area contributed by atoms with Gasteiger partial charge in [-0.1, -0.05) is 6.58 Å². The molecule has 0 aliphatic carbocycles. The molecule has 9 nitrogen and oxygen atoms in total. The average molecular weight is 533 g/mol. The second-order valence-electron chi connectivity index (χ2n) is 9.05. The lowest BCUT2D eigenvalue weighted by Crippen LogP contribution is -2.44. The normalized spacial score (nSPS) is 18.5. The Hall–Kier alpha value is -3.71. The fourth-order valence-corrected chi connectivity index (χ4v) is 3.53. The quantitative estimate of drug-likeness (QED) is 0.298. The molecule has 1 fully saturated rings. The fraction of sp³-hybridized carbons (Fsp3) is 0.478. The van der Waals surface area contributed by atoms with Gasteiger partial charge in [-0.25, -0.2) is 19.6 Å². The number of aromatic nitrogens is 2. The predicted molar refractivity (Wildman–Crippen MR) is 118 cm³/mol. The molecule has 0 saturated carbocycles. The summed E-state index contributed by atoms with van der Waals surface area (Å²) in [4.78, 5) is 33.8. The number of carbonyl (C=O) groups excluding carboxylic acids is 2. The van der Waals surface area contributed by atoms with Crippen LogP contribution in [0.1, 0.15) is 32.9 Å². The van der Waals surface area contributed by atoms with Gasteiger partial charge < -0.3 is 18.9 Å². The zero-order valence-electron chi connectivity index (χ0n) is 20.3. The van der Waals surface area contributed by atoms with Gasteiger partial charge in [0.15, 0.2) is 5.69 Å².